The summed E-state index contributed by atoms with van der Waals surface area (Å²) >= 11 is 0. The predicted octanol–water partition coefficient (Wildman–Crippen LogP) is -1.41. The van der Waals surface area contributed by atoms with Gasteiger partial charge in [0.2, 0.25) is 5.96 Å². The van der Waals surface area contributed by atoms with Crippen molar-refractivity contribution < 1.29 is 5.21 Å². The van der Waals surface area contributed by atoms with Gasteiger partial charge in [-0.2, -0.15) is 0 Å². The number of hydrogen-bond acceptors (Lipinski definition) is 3. The summed E-state index contributed by atoms with van der Waals surface area (Å²) in [6.45, 7) is 1.84. The fourth-order valence-electron chi connectivity index (χ4n) is 0.973. The van der Waals surface area contributed by atoms with E-state index in [9.17, 15) is 0 Å². The molecular weight excluding hydrogens is 132 g/mol. The molecule has 0 aliphatic carbocycles. The maximum Gasteiger partial charge on any atom is 0.213 e. The topological polar surface area (TPSA) is 73.9 Å². The van der Waals surface area contributed by atoms with E-state index in [-0.39, 0.29) is 12.0 Å². The van der Waals surface area contributed by atoms with Crippen LogP contribution in [0, 0.1) is 0 Å². The third-order valence-corrected chi connectivity index (χ3v) is 1.48. The standard InChI is InChI=1S/C5H12N4O/c1-9-2-4(3-9)7-5(6)8-10/h4,10H,2-3H2,1H3,(H3,6,7,8). The van der Waals surface area contributed by atoms with Gasteiger partial charge in [-0.25, -0.2) is 10.5 Å². The van der Waals surface area contributed by atoms with Crippen LogP contribution in [0.25, 0.3) is 0 Å². The second-order valence-corrected chi connectivity index (χ2v) is 2.50. The highest BCUT2D eigenvalue weighted by Gasteiger charge is 2.22. The normalized spacial score (nSPS) is 22.4. The highest BCUT2D eigenvalue weighted by atomic mass is 16.5. The minimum absolute atomic E-state index is 0.0955. The Kier molecular flexibility index (Phi) is 2.08. The van der Waals surface area contributed by atoms with Gasteiger partial charge in [-0.3, -0.25) is 5.21 Å². The molecule has 4 N–H and O–H groups in total. The van der Waals surface area contributed by atoms with Gasteiger partial charge in [0, 0.05) is 13.1 Å². The Morgan fingerprint density at radius 1 is 1.80 bits per heavy atom. The quantitative estimate of drug-likeness (QED) is 0.240. The number of likely N-dealkylation sites (N-methyl/N-ethyl adjacent to an activating group) is 1. The van der Waals surface area contributed by atoms with Crippen molar-refractivity contribution in [3.63, 3.8) is 0 Å². The Morgan fingerprint density at radius 2 is 2.40 bits per heavy atom. The number of guanidine groups is 1. The first-order valence-electron chi connectivity index (χ1n) is 3.14. The SMILES string of the molecule is CN1CC(N=C(N)NO)C1. The molecule has 10 heavy (non-hydrogen) atoms. The van der Waals surface area contributed by atoms with Gasteiger partial charge in [0.05, 0.1) is 6.04 Å². The Labute approximate surface area is 59.5 Å². The highest BCUT2D eigenvalue weighted by Crippen LogP contribution is 2.06. The molecule has 5 nitrogen and oxygen atoms in total. The van der Waals surface area contributed by atoms with E-state index in [1.165, 1.54) is 0 Å². The molecule has 0 aromatic carbocycles. The lowest BCUT2D eigenvalue weighted by atomic mass is 10.1. The average Bonchev–Trinajstić information content (AvgIpc) is 1.84. The van der Waals surface area contributed by atoms with E-state index in [1.54, 1.807) is 5.48 Å². The van der Waals surface area contributed by atoms with Crippen LogP contribution in [0.1, 0.15) is 0 Å². The molecule has 0 unspecified atom stereocenters. The molecule has 1 rings (SSSR count). The molecule has 1 aliphatic rings. The summed E-state index contributed by atoms with van der Waals surface area (Å²) in [7, 11) is 2.01. The first-order chi connectivity index (χ1) is 4.72. The minimum Gasteiger partial charge on any atom is -0.368 e. The number of nitrogens with one attached hydrogen (secondary N) is 1. The third-order valence-electron chi connectivity index (χ3n) is 1.48. The zero-order valence-corrected chi connectivity index (χ0v) is 5.91. The smallest absolute Gasteiger partial charge is 0.213 e. The molecule has 1 fully saturated rings. The second kappa shape index (κ2) is 2.85. The molecule has 0 bridgehead atoms. The van der Waals surface area contributed by atoms with E-state index in [1.807, 2.05) is 7.05 Å². The number of nitrogens with zero attached hydrogens (tertiary/aromatic N) is 2. The zero-order valence-electron chi connectivity index (χ0n) is 5.91. The van der Waals surface area contributed by atoms with E-state index < -0.39 is 0 Å². The summed E-state index contributed by atoms with van der Waals surface area (Å²) in [4.78, 5) is 6.07. The van der Waals surface area contributed by atoms with Gasteiger partial charge in [0.1, 0.15) is 0 Å². The van der Waals surface area contributed by atoms with Crippen molar-refractivity contribution in [3.05, 3.63) is 0 Å². The molecule has 0 atom stereocenters. The number of hydrogen-bond donors (Lipinski definition) is 3. The molecule has 0 aromatic heterocycles. The lowest BCUT2D eigenvalue weighted by molar-refractivity contribution is 0.188. The van der Waals surface area contributed by atoms with Gasteiger partial charge >= 0.3 is 0 Å². The van der Waals surface area contributed by atoms with E-state index in [0.717, 1.165) is 13.1 Å². The van der Waals surface area contributed by atoms with Crippen LogP contribution < -0.4 is 11.2 Å². The molecule has 58 valence electrons. The van der Waals surface area contributed by atoms with Crippen LogP contribution in [-0.4, -0.2) is 42.2 Å². The number of hydroxylamine groups is 1. The molecule has 1 saturated heterocycles. The van der Waals surface area contributed by atoms with Crippen LogP contribution in [0.3, 0.4) is 0 Å². The van der Waals surface area contributed by atoms with Gasteiger partial charge in [-0.15, -0.1) is 0 Å². The van der Waals surface area contributed by atoms with Crippen molar-refractivity contribution in [2.45, 2.75) is 6.04 Å². The second-order valence-electron chi connectivity index (χ2n) is 2.50. The summed E-state index contributed by atoms with van der Waals surface area (Å²) < 4.78 is 0. The molecule has 0 spiro atoms. The Balaban J connectivity index is 2.26. The molecule has 0 aromatic rings. The van der Waals surface area contributed by atoms with Crippen LogP contribution in [0.4, 0.5) is 0 Å². The van der Waals surface area contributed by atoms with Crippen molar-refractivity contribution in [2.75, 3.05) is 20.1 Å². The molecule has 1 heterocycles. The Morgan fingerprint density at radius 3 is 2.80 bits per heavy atom. The van der Waals surface area contributed by atoms with Gasteiger partial charge in [0.25, 0.3) is 0 Å². The van der Waals surface area contributed by atoms with Gasteiger partial charge in [0.15, 0.2) is 0 Å². The van der Waals surface area contributed by atoms with Gasteiger partial charge in [-0.05, 0) is 7.05 Å². The summed E-state index contributed by atoms with van der Waals surface area (Å²) in [6, 6.07) is 0.254. The zero-order chi connectivity index (χ0) is 7.56. The number of rotatable bonds is 1. The highest BCUT2D eigenvalue weighted by molar-refractivity contribution is 5.76. The van der Waals surface area contributed by atoms with E-state index >= 15 is 0 Å². The first kappa shape index (κ1) is 7.30. The maximum atomic E-state index is 8.25. The van der Waals surface area contributed by atoms with Crippen molar-refractivity contribution >= 4 is 5.96 Å². The summed E-state index contributed by atoms with van der Waals surface area (Å²) in [5.74, 6) is 0.0955. The van der Waals surface area contributed by atoms with Crippen LogP contribution in [0.15, 0.2) is 4.99 Å². The summed E-state index contributed by atoms with van der Waals surface area (Å²) in [5.41, 5.74) is 6.99. The fourth-order valence-corrected chi connectivity index (χ4v) is 0.973. The summed E-state index contributed by atoms with van der Waals surface area (Å²) in [5, 5.41) is 8.25. The van der Waals surface area contributed by atoms with Crippen molar-refractivity contribution in [1.82, 2.24) is 10.4 Å². The third kappa shape index (κ3) is 1.58. The van der Waals surface area contributed by atoms with Gasteiger partial charge in [-0.1, -0.05) is 0 Å². The fraction of sp³-hybridized carbons (Fsp3) is 0.800. The maximum absolute atomic E-state index is 8.25. The van der Waals surface area contributed by atoms with Crippen LogP contribution in [0.2, 0.25) is 0 Å². The Hall–Kier alpha value is -0.810. The summed E-state index contributed by atoms with van der Waals surface area (Å²) in [6.07, 6.45) is 0. The van der Waals surface area contributed by atoms with Crippen molar-refractivity contribution in [3.8, 4) is 0 Å². The van der Waals surface area contributed by atoms with Crippen LogP contribution >= 0.6 is 0 Å². The van der Waals surface area contributed by atoms with Crippen molar-refractivity contribution in [1.29, 1.82) is 0 Å². The molecular formula is C5H12N4O. The average molecular weight is 144 g/mol. The minimum atomic E-state index is 0.0955. The largest absolute Gasteiger partial charge is 0.368 e. The number of likely N-dealkylation sites (tertiary alicyclic amines) is 1. The number of aliphatic imine (C=N–C) groups is 1. The lowest BCUT2D eigenvalue weighted by Gasteiger charge is -2.33. The molecule has 0 amide bonds. The molecule has 0 saturated carbocycles. The van der Waals surface area contributed by atoms with E-state index in [2.05, 4.69) is 9.89 Å². The van der Waals surface area contributed by atoms with Gasteiger partial charge < -0.3 is 10.6 Å². The van der Waals surface area contributed by atoms with Crippen LogP contribution in [0.5, 0.6) is 0 Å². The monoisotopic (exact) mass is 144 g/mol. The van der Waals surface area contributed by atoms with Crippen molar-refractivity contribution in [2.24, 2.45) is 10.7 Å². The van der Waals surface area contributed by atoms with E-state index in [0.29, 0.717) is 0 Å². The lowest BCUT2D eigenvalue weighted by Crippen LogP contribution is -2.48. The first-order valence-corrected chi connectivity index (χ1v) is 3.14. The molecule has 5 heteroatoms. The number of nitrogens with two attached hydrogens (primary N) is 1. The Bertz CT molecular complexity index is 141. The predicted molar refractivity (Wildman–Crippen MR) is 37.8 cm³/mol. The molecule has 1 aliphatic heterocycles. The van der Waals surface area contributed by atoms with Crippen LogP contribution in [-0.2, 0) is 0 Å². The molecule has 0 radical (unpaired) electrons. The van der Waals surface area contributed by atoms with E-state index in [4.69, 9.17) is 10.9 Å².